The van der Waals surface area contributed by atoms with E-state index in [1.807, 2.05) is 52.0 Å². The Balaban J connectivity index is 2.61. The Hall–Kier alpha value is -1.55. The van der Waals surface area contributed by atoms with Gasteiger partial charge >= 0.3 is 0 Å². The zero-order valence-corrected chi connectivity index (χ0v) is 11.5. The molecule has 0 aliphatic carbocycles. The summed E-state index contributed by atoms with van der Waals surface area (Å²) in [6.07, 6.45) is 0. The van der Waals surface area contributed by atoms with Crippen molar-refractivity contribution in [2.45, 2.75) is 39.3 Å². The summed E-state index contributed by atoms with van der Waals surface area (Å²) in [5.74, 6) is 0.526. The second-order valence-electron chi connectivity index (χ2n) is 5.41. The highest BCUT2D eigenvalue weighted by Gasteiger charge is 2.15. The Bertz CT molecular complexity index is 409. The zero-order chi connectivity index (χ0) is 13.8. The molecule has 4 heteroatoms. The average molecular weight is 250 g/mol. The van der Waals surface area contributed by atoms with E-state index in [0.717, 1.165) is 5.56 Å². The molecule has 1 aromatic carbocycles. The highest BCUT2D eigenvalue weighted by molar-refractivity contribution is 5.78. The van der Waals surface area contributed by atoms with Crippen LogP contribution >= 0.6 is 0 Å². The van der Waals surface area contributed by atoms with Crippen molar-refractivity contribution in [3.63, 3.8) is 0 Å². The fourth-order valence-electron chi connectivity index (χ4n) is 1.59. The molecule has 1 rings (SSSR count). The highest BCUT2D eigenvalue weighted by atomic mass is 16.5. The van der Waals surface area contributed by atoms with Crippen LogP contribution < -0.4 is 15.8 Å². The van der Waals surface area contributed by atoms with Crippen molar-refractivity contribution in [2.24, 2.45) is 5.73 Å². The van der Waals surface area contributed by atoms with Gasteiger partial charge in [-0.3, -0.25) is 4.79 Å². The van der Waals surface area contributed by atoms with Crippen LogP contribution in [0.5, 0.6) is 5.75 Å². The lowest BCUT2D eigenvalue weighted by atomic mass is 10.1. The summed E-state index contributed by atoms with van der Waals surface area (Å²) in [6.45, 7) is 7.68. The van der Waals surface area contributed by atoms with Crippen molar-refractivity contribution in [2.75, 3.05) is 6.61 Å². The van der Waals surface area contributed by atoms with Crippen LogP contribution in [0.25, 0.3) is 0 Å². The highest BCUT2D eigenvalue weighted by Crippen LogP contribution is 2.22. The summed E-state index contributed by atoms with van der Waals surface area (Å²) in [5, 5.41) is 2.84. The Morgan fingerprint density at radius 2 is 2.00 bits per heavy atom. The van der Waals surface area contributed by atoms with Crippen molar-refractivity contribution in [1.82, 2.24) is 5.32 Å². The summed E-state index contributed by atoms with van der Waals surface area (Å²) in [5.41, 5.74) is 6.50. The van der Waals surface area contributed by atoms with Crippen LogP contribution in [0.3, 0.4) is 0 Å². The molecule has 0 saturated carbocycles. The maximum atomic E-state index is 11.6. The van der Waals surface area contributed by atoms with Crippen LogP contribution in [-0.4, -0.2) is 18.1 Å². The average Bonchev–Trinajstić information content (AvgIpc) is 2.24. The van der Waals surface area contributed by atoms with Gasteiger partial charge in [0.1, 0.15) is 5.75 Å². The summed E-state index contributed by atoms with van der Waals surface area (Å²) < 4.78 is 5.51. The Morgan fingerprint density at radius 3 is 2.56 bits per heavy atom. The van der Waals surface area contributed by atoms with Crippen LogP contribution in [0.2, 0.25) is 0 Å². The number of ether oxygens (including phenoxy) is 1. The van der Waals surface area contributed by atoms with Crippen molar-refractivity contribution in [3.8, 4) is 5.75 Å². The third-order valence-corrected chi connectivity index (χ3v) is 2.28. The molecule has 100 valence electrons. The molecule has 18 heavy (non-hydrogen) atoms. The molecule has 4 nitrogen and oxygen atoms in total. The van der Waals surface area contributed by atoms with E-state index in [0.29, 0.717) is 5.75 Å². The van der Waals surface area contributed by atoms with Gasteiger partial charge in [-0.1, -0.05) is 18.2 Å². The molecule has 1 aromatic rings. The van der Waals surface area contributed by atoms with Gasteiger partial charge in [0.25, 0.3) is 5.91 Å². The molecular weight excluding hydrogens is 228 g/mol. The molecule has 0 spiro atoms. The number of amides is 1. The van der Waals surface area contributed by atoms with Crippen LogP contribution in [0.1, 0.15) is 39.3 Å². The van der Waals surface area contributed by atoms with Crippen LogP contribution in [0.15, 0.2) is 24.3 Å². The molecule has 1 atom stereocenters. The molecule has 0 radical (unpaired) electrons. The first-order valence-electron chi connectivity index (χ1n) is 6.08. The number of nitrogens with one attached hydrogen (secondary N) is 1. The van der Waals surface area contributed by atoms with E-state index >= 15 is 0 Å². The van der Waals surface area contributed by atoms with Gasteiger partial charge in [0.2, 0.25) is 0 Å². The van der Waals surface area contributed by atoms with Crippen molar-refractivity contribution < 1.29 is 9.53 Å². The van der Waals surface area contributed by atoms with E-state index in [2.05, 4.69) is 5.32 Å². The van der Waals surface area contributed by atoms with E-state index in [1.54, 1.807) is 0 Å². The van der Waals surface area contributed by atoms with E-state index in [4.69, 9.17) is 10.5 Å². The quantitative estimate of drug-likeness (QED) is 0.859. The molecule has 0 saturated heterocycles. The molecule has 1 amide bonds. The van der Waals surface area contributed by atoms with Crippen molar-refractivity contribution in [3.05, 3.63) is 29.8 Å². The summed E-state index contributed by atoms with van der Waals surface area (Å²) >= 11 is 0. The van der Waals surface area contributed by atoms with Crippen molar-refractivity contribution in [1.29, 1.82) is 0 Å². The molecule has 0 unspecified atom stereocenters. The summed E-state index contributed by atoms with van der Waals surface area (Å²) in [4.78, 5) is 11.6. The number of benzene rings is 1. The molecule has 0 aliphatic heterocycles. The third kappa shape index (κ3) is 4.75. The third-order valence-electron chi connectivity index (χ3n) is 2.28. The number of carbonyl (C=O) groups excluding carboxylic acids is 1. The van der Waals surface area contributed by atoms with Gasteiger partial charge in [0.15, 0.2) is 6.61 Å². The topological polar surface area (TPSA) is 64.3 Å². The lowest BCUT2D eigenvalue weighted by Crippen LogP contribution is -2.43. The molecule has 0 fully saturated rings. The number of hydrogen-bond donors (Lipinski definition) is 2. The van der Waals surface area contributed by atoms with E-state index in [1.165, 1.54) is 0 Å². The summed E-state index contributed by atoms with van der Waals surface area (Å²) in [7, 11) is 0. The maximum absolute atomic E-state index is 11.6. The van der Waals surface area contributed by atoms with E-state index in [9.17, 15) is 4.79 Å². The molecule has 0 bridgehead atoms. The molecule has 0 heterocycles. The van der Waals surface area contributed by atoms with Crippen LogP contribution in [0, 0.1) is 0 Å². The SMILES string of the molecule is C[C@H](N)c1ccccc1OCC(=O)NC(C)(C)C. The zero-order valence-electron chi connectivity index (χ0n) is 11.5. The Labute approximate surface area is 109 Å². The second kappa shape index (κ2) is 5.87. The molecule has 0 aliphatic rings. The minimum absolute atomic E-state index is 0.000995. The van der Waals surface area contributed by atoms with Gasteiger partial charge < -0.3 is 15.8 Å². The van der Waals surface area contributed by atoms with Gasteiger partial charge in [-0.25, -0.2) is 0 Å². The minimum atomic E-state index is -0.249. The monoisotopic (exact) mass is 250 g/mol. The lowest BCUT2D eigenvalue weighted by Gasteiger charge is -2.21. The van der Waals surface area contributed by atoms with Crippen LogP contribution in [0.4, 0.5) is 0 Å². The van der Waals surface area contributed by atoms with Gasteiger partial charge in [-0.15, -0.1) is 0 Å². The molecule has 0 aromatic heterocycles. The number of nitrogens with two attached hydrogens (primary N) is 1. The number of hydrogen-bond acceptors (Lipinski definition) is 3. The van der Waals surface area contributed by atoms with Crippen molar-refractivity contribution >= 4 is 5.91 Å². The maximum Gasteiger partial charge on any atom is 0.258 e. The fourth-order valence-corrected chi connectivity index (χ4v) is 1.59. The molecule has 3 N–H and O–H groups in total. The predicted molar refractivity (Wildman–Crippen MR) is 72.4 cm³/mol. The summed E-state index contributed by atoms with van der Waals surface area (Å²) in [6, 6.07) is 7.38. The Kier molecular flexibility index (Phi) is 4.73. The predicted octanol–water partition coefficient (Wildman–Crippen LogP) is 2.00. The number of para-hydroxylation sites is 1. The van der Waals surface area contributed by atoms with Gasteiger partial charge in [-0.05, 0) is 33.8 Å². The standard InChI is InChI=1S/C14H22N2O2/c1-10(15)11-7-5-6-8-12(11)18-9-13(17)16-14(2,3)4/h5-8,10H,9,15H2,1-4H3,(H,16,17)/t10-/m0/s1. The first-order chi connectivity index (χ1) is 8.29. The number of carbonyl (C=O) groups is 1. The first-order valence-corrected chi connectivity index (χ1v) is 6.08. The first kappa shape index (κ1) is 14.5. The van der Waals surface area contributed by atoms with E-state index in [-0.39, 0.29) is 24.1 Å². The second-order valence-corrected chi connectivity index (χ2v) is 5.41. The van der Waals surface area contributed by atoms with Gasteiger partial charge in [0.05, 0.1) is 0 Å². The minimum Gasteiger partial charge on any atom is -0.483 e. The van der Waals surface area contributed by atoms with Crippen LogP contribution in [-0.2, 0) is 4.79 Å². The van der Waals surface area contributed by atoms with Gasteiger partial charge in [0, 0.05) is 17.1 Å². The number of rotatable bonds is 4. The Morgan fingerprint density at radius 1 is 1.39 bits per heavy atom. The smallest absolute Gasteiger partial charge is 0.258 e. The van der Waals surface area contributed by atoms with E-state index < -0.39 is 0 Å². The fraction of sp³-hybridized carbons (Fsp3) is 0.500. The van der Waals surface area contributed by atoms with Gasteiger partial charge in [-0.2, -0.15) is 0 Å². The largest absolute Gasteiger partial charge is 0.483 e. The lowest BCUT2D eigenvalue weighted by molar-refractivity contribution is -0.124. The molecular formula is C14H22N2O2. The normalized spacial score (nSPS) is 12.9.